The molecule has 0 bridgehead atoms. The molecule has 5 heteroatoms. The van der Waals surface area contributed by atoms with Gasteiger partial charge in [-0.25, -0.2) is 9.97 Å². The molecule has 2 aliphatic rings. The van der Waals surface area contributed by atoms with Gasteiger partial charge in [-0.15, -0.1) is 0 Å². The van der Waals surface area contributed by atoms with Gasteiger partial charge in [0.15, 0.2) is 0 Å². The number of rotatable bonds is 2. The summed E-state index contributed by atoms with van der Waals surface area (Å²) in [4.78, 5) is 10.6. The fraction of sp³-hybridized carbons (Fsp3) is 0.600. The zero-order valence-electron chi connectivity index (χ0n) is 8.64. The molecule has 3 rings (SSSR count). The van der Waals surface area contributed by atoms with Gasteiger partial charge in [0.25, 0.3) is 0 Å². The number of hydrogen-bond acceptors (Lipinski definition) is 5. The summed E-state index contributed by atoms with van der Waals surface area (Å²) >= 11 is 0. The van der Waals surface area contributed by atoms with Crippen molar-refractivity contribution in [2.24, 2.45) is 5.41 Å². The van der Waals surface area contributed by atoms with Crippen molar-refractivity contribution in [3.8, 4) is 5.88 Å². The van der Waals surface area contributed by atoms with Crippen molar-refractivity contribution < 1.29 is 9.47 Å². The molecule has 0 amide bonds. The molecule has 80 valence electrons. The van der Waals surface area contributed by atoms with Crippen molar-refractivity contribution in [3.05, 3.63) is 12.4 Å². The first kappa shape index (κ1) is 8.91. The molecule has 2 saturated heterocycles. The maximum Gasteiger partial charge on any atom is 0.232 e. The topological polar surface area (TPSA) is 47.5 Å². The average Bonchev–Trinajstić information content (AvgIpc) is 2.14. The fourth-order valence-corrected chi connectivity index (χ4v) is 2.08. The van der Waals surface area contributed by atoms with Gasteiger partial charge in [0.05, 0.1) is 38.1 Å². The minimum Gasteiger partial charge on any atom is -0.480 e. The van der Waals surface area contributed by atoms with E-state index in [9.17, 15) is 0 Å². The molecule has 1 spiro atoms. The molecule has 0 aromatic carbocycles. The number of anilines is 1. The van der Waals surface area contributed by atoms with E-state index in [0.29, 0.717) is 11.3 Å². The first-order chi connectivity index (χ1) is 7.31. The highest BCUT2D eigenvalue weighted by Gasteiger charge is 2.49. The second-order valence-electron chi connectivity index (χ2n) is 4.27. The molecule has 3 heterocycles. The van der Waals surface area contributed by atoms with Gasteiger partial charge in [-0.05, 0) is 0 Å². The molecule has 0 unspecified atom stereocenters. The van der Waals surface area contributed by atoms with Gasteiger partial charge in [-0.2, -0.15) is 0 Å². The third kappa shape index (κ3) is 1.34. The van der Waals surface area contributed by atoms with Crippen LogP contribution in [0.1, 0.15) is 0 Å². The highest BCUT2D eigenvalue weighted by Crippen LogP contribution is 2.39. The lowest BCUT2D eigenvalue weighted by molar-refractivity contribution is -0.127. The Morgan fingerprint density at radius 2 is 2.13 bits per heavy atom. The monoisotopic (exact) mass is 207 g/mol. The van der Waals surface area contributed by atoms with Crippen LogP contribution in [-0.4, -0.2) is 43.4 Å². The van der Waals surface area contributed by atoms with Crippen LogP contribution in [0.4, 0.5) is 5.82 Å². The lowest BCUT2D eigenvalue weighted by atomic mass is 9.78. The van der Waals surface area contributed by atoms with Gasteiger partial charge in [0.1, 0.15) is 5.82 Å². The van der Waals surface area contributed by atoms with Crippen LogP contribution in [0.5, 0.6) is 5.88 Å². The van der Waals surface area contributed by atoms with Gasteiger partial charge in [-0.1, -0.05) is 0 Å². The second-order valence-corrected chi connectivity index (χ2v) is 4.27. The van der Waals surface area contributed by atoms with Crippen molar-refractivity contribution in [1.82, 2.24) is 9.97 Å². The summed E-state index contributed by atoms with van der Waals surface area (Å²) in [5.74, 6) is 1.48. The Morgan fingerprint density at radius 1 is 1.33 bits per heavy atom. The summed E-state index contributed by atoms with van der Waals surface area (Å²) in [6, 6.07) is 0. The van der Waals surface area contributed by atoms with E-state index in [1.165, 1.54) is 0 Å². The predicted molar refractivity (Wildman–Crippen MR) is 54.0 cm³/mol. The predicted octanol–water partition coefficient (Wildman–Crippen LogP) is 0.322. The molecule has 0 radical (unpaired) electrons. The van der Waals surface area contributed by atoms with Crippen molar-refractivity contribution in [1.29, 1.82) is 0 Å². The van der Waals surface area contributed by atoms with Crippen LogP contribution in [0.15, 0.2) is 12.4 Å². The summed E-state index contributed by atoms with van der Waals surface area (Å²) in [5.41, 5.74) is 0.418. The molecule has 0 N–H and O–H groups in total. The average molecular weight is 207 g/mol. The maximum atomic E-state index is 5.22. The Hall–Kier alpha value is -1.36. The fourth-order valence-electron chi connectivity index (χ4n) is 2.08. The first-order valence-electron chi connectivity index (χ1n) is 5.00. The number of hydrogen-bond donors (Lipinski definition) is 0. The molecule has 2 fully saturated rings. The molecule has 0 saturated carbocycles. The molecular weight excluding hydrogens is 194 g/mol. The van der Waals surface area contributed by atoms with Crippen LogP contribution in [0.2, 0.25) is 0 Å². The Kier molecular flexibility index (Phi) is 1.82. The number of ether oxygens (including phenoxy) is 2. The van der Waals surface area contributed by atoms with Crippen LogP contribution in [0.25, 0.3) is 0 Å². The standard InChI is InChI=1S/C10H13N3O2/c1-14-9-3-11-8(2-12-9)13-4-10(5-13)6-15-7-10/h2-3H,4-7H2,1H3. The highest BCUT2D eigenvalue weighted by molar-refractivity contribution is 5.42. The largest absolute Gasteiger partial charge is 0.480 e. The molecule has 1 aromatic heterocycles. The van der Waals surface area contributed by atoms with Gasteiger partial charge >= 0.3 is 0 Å². The van der Waals surface area contributed by atoms with Crippen LogP contribution < -0.4 is 9.64 Å². The van der Waals surface area contributed by atoms with Gasteiger partial charge in [-0.3, -0.25) is 0 Å². The zero-order chi connectivity index (χ0) is 10.3. The van der Waals surface area contributed by atoms with Gasteiger partial charge < -0.3 is 14.4 Å². The van der Waals surface area contributed by atoms with E-state index in [-0.39, 0.29) is 0 Å². The SMILES string of the molecule is COc1cnc(N2CC3(COC3)C2)cn1. The van der Waals surface area contributed by atoms with E-state index in [2.05, 4.69) is 14.9 Å². The van der Waals surface area contributed by atoms with Crippen molar-refractivity contribution in [2.45, 2.75) is 0 Å². The molecule has 2 aliphatic heterocycles. The van der Waals surface area contributed by atoms with E-state index >= 15 is 0 Å². The first-order valence-corrected chi connectivity index (χ1v) is 5.00. The summed E-state index contributed by atoms with van der Waals surface area (Å²) < 4.78 is 10.2. The summed E-state index contributed by atoms with van der Waals surface area (Å²) in [6.45, 7) is 3.86. The molecule has 15 heavy (non-hydrogen) atoms. The lowest BCUT2D eigenvalue weighted by Gasteiger charge is -2.55. The molecule has 0 aliphatic carbocycles. The van der Waals surface area contributed by atoms with E-state index in [0.717, 1.165) is 32.1 Å². The third-order valence-electron chi connectivity index (χ3n) is 3.02. The maximum absolute atomic E-state index is 5.22. The summed E-state index contributed by atoms with van der Waals surface area (Å²) in [5, 5.41) is 0. The Labute approximate surface area is 88.0 Å². The van der Waals surface area contributed by atoms with Crippen LogP contribution in [0.3, 0.4) is 0 Å². The van der Waals surface area contributed by atoms with E-state index in [1.807, 2.05) is 0 Å². The minimum atomic E-state index is 0.418. The number of aromatic nitrogens is 2. The van der Waals surface area contributed by atoms with Crippen LogP contribution >= 0.6 is 0 Å². The van der Waals surface area contributed by atoms with Crippen molar-refractivity contribution >= 4 is 5.82 Å². The van der Waals surface area contributed by atoms with Crippen molar-refractivity contribution in [2.75, 3.05) is 38.3 Å². The van der Waals surface area contributed by atoms with Crippen LogP contribution in [0, 0.1) is 5.41 Å². The second kappa shape index (κ2) is 3.06. The molecule has 5 nitrogen and oxygen atoms in total. The summed E-state index contributed by atoms with van der Waals surface area (Å²) in [7, 11) is 1.59. The smallest absolute Gasteiger partial charge is 0.232 e. The Balaban J connectivity index is 1.67. The van der Waals surface area contributed by atoms with Crippen molar-refractivity contribution in [3.63, 3.8) is 0 Å². The molecule has 1 aromatic rings. The zero-order valence-corrected chi connectivity index (χ0v) is 8.64. The van der Waals surface area contributed by atoms with E-state index in [1.54, 1.807) is 19.5 Å². The van der Waals surface area contributed by atoms with Gasteiger partial charge in [0, 0.05) is 13.1 Å². The highest BCUT2D eigenvalue weighted by atomic mass is 16.5. The van der Waals surface area contributed by atoms with Gasteiger partial charge in [0.2, 0.25) is 5.88 Å². The Morgan fingerprint density at radius 3 is 2.60 bits per heavy atom. The third-order valence-corrected chi connectivity index (χ3v) is 3.02. The molecular formula is C10H13N3O2. The van der Waals surface area contributed by atoms with E-state index in [4.69, 9.17) is 9.47 Å². The normalized spacial score (nSPS) is 22.1. The lowest BCUT2D eigenvalue weighted by Crippen LogP contribution is -2.66. The molecule has 0 atom stereocenters. The minimum absolute atomic E-state index is 0.418. The Bertz CT molecular complexity index is 353. The number of nitrogens with zero attached hydrogens (tertiary/aromatic N) is 3. The van der Waals surface area contributed by atoms with E-state index < -0.39 is 0 Å². The summed E-state index contributed by atoms with van der Waals surface area (Å²) in [6.07, 6.45) is 3.41. The quantitative estimate of drug-likeness (QED) is 0.699. The number of methoxy groups -OCH3 is 1. The van der Waals surface area contributed by atoms with Crippen LogP contribution in [-0.2, 0) is 4.74 Å².